The van der Waals surface area contributed by atoms with Crippen molar-refractivity contribution in [1.82, 2.24) is 0 Å². The van der Waals surface area contributed by atoms with Crippen LogP contribution in [0.25, 0.3) is 0 Å². The summed E-state index contributed by atoms with van der Waals surface area (Å²) in [5.41, 5.74) is -2.03. The van der Waals surface area contributed by atoms with Crippen LogP contribution in [0.4, 0.5) is 0 Å². The van der Waals surface area contributed by atoms with Crippen LogP contribution in [0.15, 0.2) is 68.4 Å². The van der Waals surface area contributed by atoms with Gasteiger partial charge in [0.2, 0.25) is 16.6 Å². The van der Waals surface area contributed by atoms with Crippen molar-refractivity contribution in [2.45, 2.75) is 0 Å². The molecule has 0 saturated carbocycles. The standard InChI is InChI=1S/C15H9O6P/c16-13(10-4-1-7-19-10)22(14(17)11-5-2-8-20-11)15(18)12-6-3-9-21-12/h1-9H. The van der Waals surface area contributed by atoms with Crippen molar-refractivity contribution < 1.29 is 27.6 Å². The van der Waals surface area contributed by atoms with Gasteiger partial charge in [0.1, 0.15) is 7.92 Å². The minimum atomic E-state index is -2.39. The van der Waals surface area contributed by atoms with Gasteiger partial charge in [-0.05, 0) is 36.4 Å². The van der Waals surface area contributed by atoms with Crippen LogP contribution >= 0.6 is 7.92 Å². The van der Waals surface area contributed by atoms with Gasteiger partial charge in [-0.25, -0.2) is 0 Å². The smallest absolute Gasteiger partial charge is 0.235 e. The lowest BCUT2D eigenvalue weighted by molar-refractivity contribution is 0.0993. The van der Waals surface area contributed by atoms with E-state index in [2.05, 4.69) is 0 Å². The molecule has 7 heteroatoms. The average Bonchev–Trinajstić information content (AvgIpc) is 3.29. The molecule has 0 saturated heterocycles. The van der Waals surface area contributed by atoms with Crippen LogP contribution in [0.1, 0.15) is 31.7 Å². The van der Waals surface area contributed by atoms with Crippen LogP contribution in [0.5, 0.6) is 0 Å². The molecule has 0 fully saturated rings. The lowest BCUT2D eigenvalue weighted by Crippen LogP contribution is -2.12. The fraction of sp³-hybridized carbons (Fsp3) is 0. The first-order valence-electron chi connectivity index (χ1n) is 6.22. The summed E-state index contributed by atoms with van der Waals surface area (Å²) in [7, 11) is -2.39. The van der Waals surface area contributed by atoms with Crippen molar-refractivity contribution >= 4 is 24.5 Å². The molecular weight excluding hydrogens is 307 g/mol. The number of furan rings is 3. The molecule has 110 valence electrons. The van der Waals surface area contributed by atoms with E-state index < -0.39 is 24.5 Å². The fourth-order valence-electron chi connectivity index (χ4n) is 1.81. The molecule has 0 N–H and O–H groups in total. The van der Waals surface area contributed by atoms with Gasteiger partial charge in [-0.15, -0.1) is 0 Å². The van der Waals surface area contributed by atoms with Crippen molar-refractivity contribution in [1.29, 1.82) is 0 Å². The normalized spacial score (nSPS) is 10.8. The van der Waals surface area contributed by atoms with Gasteiger partial charge in [-0.3, -0.25) is 14.4 Å². The quantitative estimate of drug-likeness (QED) is 0.643. The largest absolute Gasteiger partial charge is 0.461 e. The van der Waals surface area contributed by atoms with Gasteiger partial charge in [0.15, 0.2) is 17.3 Å². The lowest BCUT2D eigenvalue weighted by atomic mass is 10.5. The SMILES string of the molecule is O=C(c1ccco1)P(C(=O)c1ccco1)C(=O)c1ccco1. The Hall–Kier alpha value is -2.72. The van der Waals surface area contributed by atoms with Crippen LogP contribution in [0.2, 0.25) is 0 Å². The molecule has 0 aliphatic carbocycles. The Morgan fingerprint density at radius 3 is 1.18 bits per heavy atom. The zero-order valence-corrected chi connectivity index (χ0v) is 12.0. The van der Waals surface area contributed by atoms with Gasteiger partial charge >= 0.3 is 0 Å². The molecule has 22 heavy (non-hydrogen) atoms. The monoisotopic (exact) mass is 316 g/mol. The second-order valence-electron chi connectivity index (χ2n) is 4.18. The van der Waals surface area contributed by atoms with E-state index in [4.69, 9.17) is 13.3 Å². The maximum Gasteiger partial charge on any atom is 0.235 e. The van der Waals surface area contributed by atoms with E-state index >= 15 is 0 Å². The van der Waals surface area contributed by atoms with Gasteiger partial charge in [-0.1, -0.05) is 0 Å². The molecule has 0 aromatic carbocycles. The Morgan fingerprint density at radius 2 is 0.955 bits per heavy atom. The number of hydrogen-bond donors (Lipinski definition) is 0. The summed E-state index contributed by atoms with van der Waals surface area (Å²) in [5, 5.41) is 0. The van der Waals surface area contributed by atoms with E-state index in [0.29, 0.717) is 0 Å². The van der Waals surface area contributed by atoms with E-state index in [1.54, 1.807) is 0 Å². The van der Waals surface area contributed by atoms with Gasteiger partial charge in [0, 0.05) is 0 Å². The summed E-state index contributed by atoms with van der Waals surface area (Å²) >= 11 is 0. The summed E-state index contributed by atoms with van der Waals surface area (Å²) in [5.74, 6) is -0.150. The van der Waals surface area contributed by atoms with Gasteiger partial charge < -0.3 is 13.3 Å². The maximum atomic E-state index is 12.5. The molecular formula is C15H9O6P. The van der Waals surface area contributed by atoms with Crippen LogP contribution < -0.4 is 0 Å². The van der Waals surface area contributed by atoms with Crippen molar-refractivity contribution in [3.05, 3.63) is 72.5 Å². The summed E-state index contributed by atoms with van der Waals surface area (Å²) in [6, 6.07) is 8.74. The van der Waals surface area contributed by atoms with Crippen molar-refractivity contribution in [2.75, 3.05) is 0 Å². The topological polar surface area (TPSA) is 90.6 Å². The first-order valence-corrected chi connectivity index (χ1v) is 7.56. The van der Waals surface area contributed by atoms with Crippen LogP contribution in [-0.2, 0) is 0 Å². The highest BCUT2D eigenvalue weighted by molar-refractivity contribution is 8.03. The molecule has 3 aromatic heterocycles. The van der Waals surface area contributed by atoms with E-state index in [1.165, 1.54) is 55.2 Å². The van der Waals surface area contributed by atoms with Crippen molar-refractivity contribution in [3.8, 4) is 0 Å². The molecule has 0 atom stereocenters. The average molecular weight is 316 g/mol. The van der Waals surface area contributed by atoms with Crippen molar-refractivity contribution in [3.63, 3.8) is 0 Å². The summed E-state index contributed by atoms with van der Waals surface area (Å²) < 4.78 is 15.0. The predicted molar refractivity (Wildman–Crippen MR) is 76.0 cm³/mol. The second kappa shape index (κ2) is 5.95. The maximum absolute atomic E-state index is 12.5. The number of carbonyl (C=O) groups is 3. The molecule has 0 unspecified atom stereocenters. The molecule has 3 rings (SSSR count). The molecule has 0 amide bonds. The van der Waals surface area contributed by atoms with Gasteiger partial charge in [-0.2, -0.15) is 0 Å². The second-order valence-corrected chi connectivity index (χ2v) is 6.07. The first kappa shape index (κ1) is 14.2. The highest BCUT2D eigenvalue weighted by Gasteiger charge is 2.39. The minimum Gasteiger partial charge on any atom is -0.461 e. The van der Waals surface area contributed by atoms with Crippen LogP contribution in [0, 0.1) is 0 Å². The highest BCUT2D eigenvalue weighted by atomic mass is 31.1. The van der Waals surface area contributed by atoms with Gasteiger partial charge in [0.05, 0.1) is 18.8 Å². The number of rotatable bonds is 6. The Bertz CT molecular complexity index is 673. The molecule has 0 aliphatic rings. The predicted octanol–water partition coefficient (Wildman–Crippen LogP) is 3.77. The zero-order chi connectivity index (χ0) is 15.5. The third-order valence-corrected chi connectivity index (χ3v) is 4.68. The molecule has 0 bridgehead atoms. The van der Waals surface area contributed by atoms with Crippen molar-refractivity contribution in [2.24, 2.45) is 0 Å². The summed E-state index contributed by atoms with van der Waals surface area (Å²) in [6.07, 6.45) is 3.90. The molecule has 3 heterocycles. The van der Waals surface area contributed by atoms with Crippen LogP contribution in [-0.4, -0.2) is 16.6 Å². The Labute approximate surface area is 125 Å². The number of hydrogen-bond acceptors (Lipinski definition) is 6. The summed E-state index contributed by atoms with van der Waals surface area (Å²) in [4.78, 5) is 37.5. The zero-order valence-electron chi connectivity index (χ0n) is 11.1. The third-order valence-electron chi connectivity index (χ3n) is 2.81. The summed E-state index contributed by atoms with van der Waals surface area (Å²) in [6.45, 7) is 0. The van der Waals surface area contributed by atoms with E-state index in [9.17, 15) is 14.4 Å². The fourth-order valence-corrected chi connectivity index (χ4v) is 3.40. The molecule has 0 spiro atoms. The Morgan fingerprint density at radius 1 is 0.636 bits per heavy atom. The number of carbonyl (C=O) groups excluding carboxylic acids is 3. The molecule has 3 aromatic rings. The van der Waals surface area contributed by atoms with E-state index in [-0.39, 0.29) is 17.3 Å². The van der Waals surface area contributed by atoms with E-state index in [0.717, 1.165) is 0 Å². The molecule has 6 nitrogen and oxygen atoms in total. The molecule has 0 aliphatic heterocycles. The Balaban J connectivity index is 2.00. The highest BCUT2D eigenvalue weighted by Crippen LogP contribution is 2.46. The van der Waals surface area contributed by atoms with Crippen LogP contribution in [0.3, 0.4) is 0 Å². The lowest BCUT2D eigenvalue weighted by Gasteiger charge is -2.09. The molecule has 0 radical (unpaired) electrons. The van der Waals surface area contributed by atoms with Gasteiger partial charge in [0.25, 0.3) is 0 Å². The Kier molecular flexibility index (Phi) is 3.85. The first-order chi connectivity index (χ1) is 10.7. The minimum absolute atomic E-state index is 0.0501. The third kappa shape index (κ3) is 2.56. The van der Waals surface area contributed by atoms with E-state index in [1.807, 2.05) is 0 Å².